The van der Waals surface area contributed by atoms with Gasteiger partial charge in [-0.25, -0.2) is 4.98 Å². The van der Waals surface area contributed by atoms with Gasteiger partial charge >= 0.3 is 0 Å². The number of nitrogens with zero attached hydrogens (tertiary/aromatic N) is 4. The number of aromatic nitrogens is 4. The zero-order valence-corrected chi connectivity index (χ0v) is 21.9. The van der Waals surface area contributed by atoms with Crippen LogP contribution in [0.25, 0.3) is 33.8 Å². The predicted molar refractivity (Wildman–Crippen MR) is 145 cm³/mol. The van der Waals surface area contributed by atoms with Crippen molar-refractivity contribution in [3.8, 4) is 22.8 Å². The molecule has 2 aromatic carbocycles. The van der Waals surface area contributed by atoms with Gasteiger partial charge in [0.15, 0.2) is 16.0 Å². The summed E-state index contributed by atoms with van der Waals surface area (Å²) in [7, 11) is 0. The van der Waals surface area contributed by atoms with Gasteiger partial charge < -0.3 is 9.73 Å². The fraction of sp³-hybridized carbons (Fsp3) is 0.120. The minimum atomic E-state index is -0.164. The highest BCUT2D eigenvalue weighted by Gasteiger charge is 2.19. The molecule has 0 spiro atoms. The molecular formula is C25H20BrN5O2S2. The maximum Gasteiger partial charge on any atom is 0.236 e. The predicted octanol–water partition coefficient (Wildman–Crippen LogP) is 6.80. The molecule has 0 saturated carbocycles. The van der Waals surface area contributed by atoms with Crippen molar-refractivity contribution < 1.29 is 9.21 Å². The number of allylic oxidation sites excluding steroid dienone is 1. The molecular weight excluding hydrogens is 546 g/mol. The van der Waals surface area contributed by atoms with Gasteiger partial charge in [-0.15, -0.1) is 28.1 Å². The molecule has 35 heavy (non-hydrogen) atoms. The summed E-state index contributed by atoms with van der Waals surface area (Å²) in [6.07, 6.45) is 1.76. The second-order valence-electron chi connectivity index (χ2n) is 7.74. The van der Waals surface area contributed by atoms with E-state index in [1.54, 1.807) is 6.08 Å². The van der Waals surface area contributed by atoms with E-state index < -0.39 is 0 Å². The largest absolute Gasteiger partial charge is 0.453 e. The topological polar surface area (TPSA) is 85.8 Å². The summed E-state index contributed by atoms with van der Waals surface area (Å²) in [5, 5.41) is 15.6. The van der Waals surface area contributed by atoms with Crippen LogP contribution in [-0.4, -0.2) is 31.4 Å². The number of fused-ring (bicyclic) bond motifs is 1. The van der Waals surface area contributed by atoms with Crippen molar-refractivity contribution in [2.75, 3.05) is 11.1 Å². The Labute approximate surface area is 218 Å². The maximum absolute atomic E-state index is 12.6. The molecule has 0 aliphatic rings. The van der Waals surface area contributed by atoms with Gasteiger partial charge in [0, 0.05) is 27.3 Å². The number of nitrogens with one attached hydrogen (secondary N) is 1. The highest BCUT2D eigenvalue weighted by atomic mass is 79.9. The summed E-state index contributed by atoms with van der Waals surface area (Å²) in [5.74, 6) is 1.20. The number of rotatable bonds is 8. The molecule has 0 radical (unpaired) electrons. The van der Waals surface area contributed by atoms with E-state index in [-0.39, 0.29) is 11.7 Å². The molecule has 7 nitrogen and oxygen atoms in total. The minimum absolute atomic E-state index is 0.164. The summed E-state index contributed by atoms with van der Waals surface area (Å²) in [6.45, 7) is 6.37. The first-order chi connectivity index (χ1) is 17.0. The van der Waals surface area contributed by atoms with Crippen LogP contribution in [-0.2, 0) is 11.3 Å². The van der Waals surface area contributed by atoms with Crippen LogP contribution in [0.3, 0.4) is 0 Å². The average Bonchev–Trinajstić information content (AvgIpc) is 3.57. The van der Waals surface area contributed by atoms with Crippen LogP contribution in [0, 0.1) is 6.92 Å². The number of halogens is 1. The van der Waals surface area contributed by atoms with Crippen molar-refractivity contribution in [1.82, 2.24) is 19.7 Å². The molecule has 0 aliphatic carbocycles. The Morgan fingerprint density at radius 2 is 2.06 bits per heavy atom. The first-order valence-electron chi connectivity index (χ1n) is 10.7. The van der Waals surface area contributed by atoms with E-state index in [1.165, 1.54) is 28.7 Å². The highest BCUT2D eigenvalue weighted by Crippen LogP contribution is 2.31. The van der Waals surface area contributed by atoms with Gasteiger partial charge in [0.1, 0.15) is 5.58 Å². The third kappa shape index (κ3) is 5.24. The standard InChI is InChI=1S/C25H20BrN5O2S2/c1-3-10-31-23(21-12-17-11-18(26)8-9-20(17)33-21)29-30-25(31)35-14-22(32)28-24-27-19(13-34-24)16-6-4-15(2)5-7-16/h3-9,11-13H,1,10,14H2,2H3,(H,27,28,32). The lowest BCUT2D eigenvalue weighted by molar-refractivity contribution is -0.113. The maximum atomic E-state index is 12.6. The molecule has 5 aromatic rings. The zero-order chi connectivity index (χ0) is 24.4. The van der Waals surface area contributed by atoms with Crippen molar-refractivity contribution >= 4 is 61.0 Å². The number of hydrogen-bond acceptors (Lipinski definition) is 7. The van der Waals surface area contributed by atoms with Gasteiger partial charge in [0.25, 0.3) is 0 Å². The molecule has 176 valence electrons. The Balaban J connectivity index is 1.28. The monoisotopic (exact) mass is 565 g/mol. The highest BCUT2D eigenvalue weighted by molar-refractivity contribution is 9.10. The van der Waals surface area contributed by atoms with Crippen molar-refractivity contribution in [2.45, 2.75) is 18.6 Å². The molecule has 0 saturated heterocycles. The summed E-state index contributed by atoms with van der Waals surface area (Å²) in [4.78, 5) is 17.1. The molecule has 5 rings (SSSR count). The van der Waals surface area contributed by atoms with Gasteiger partial charge in [-0.2, -0.15) is 0 Å². The molecule has 0 atom stereocenters. The van der Waals surface area contributed by atoms with E-state index >= 15 is 0 Å². The number of carbonyl (C=O) groups excluding carboxylic acids is 1. The van der Waals surface area contributed by atoms with E-state index in [1.807, 2.05) is 65.4 Å². The zero-order valence-electron chi connectivity index (χ0n) is 18.7. The van der Waals surface area contributed by atoms with E-state index in [2.05, 4.69) is 43.0 Å². The molecule has 10 heteroatoms. The molecule has 0 unspecified atom stereocenters. The van der Waals surface area contributed by atoms with Gasteiger partial charge in [-0.05, 0) is 31.2 Å². The fourth-order valence-corrected chi connectivity index (χ4v) is 5.33. The number of anilines is 1. The SMILES string of the molecule is C=CCn1c(SCC(=O)Nc2nc(-c3ccc(C)cc3)cs2)nnc1-c1cc2cc(Br)ccc2o1. The van der Waals surface area contributed by atoms with Gasteiger partial charge in [-0.1, -0.05) is 63.6 Å². The Hall–Kier alpha value is -3.21. The Morgan fingerprint density at radius 1 is 1.23 bits per heavy atom. The van der Waals surface area contributed by atoms with Crippen LogP contribution in [0.1, 0.15) is 5.56 Å². The van der Waals surface area contributed by atoms with Crippen LogP contribution in [0.15, 0.2) is 80.6 Å². The van der Waals surface area contributed by atoms with Gasteiger partial charge in [-0.3, -0.25) is 9.36 Å². The lowest BCUT2D eigenvalue weighted by atomic mass is 10.1. The fourth-order valence-electron chi connectivity index (χ4n) is 3.47. The first-order valence-corrected chi connectivity index (χ1v) is 13.3. The lowest BCUT2D eigenvalue weighted by Gasteiger charge is -2.06. The number of aryl methyl sites for hydroxylation is 1. The molecule has 3 heterocycles. The second kappa shape index (κ2) is 10.2. The van der Waals surface area contributed by atoms with Crippen molar-refractivity contribution in [3.05, 3.63) is 76.6 Å². The number of amides is 1. The van der Waals surface area contributed by atoms with Crippen LogP contribution in [0.5, 0.6) is 0 Å². The summed E-state index contributed by atoms with van der Waals surface area (Å²) in [5.41, 5.74) is 3.81. The summed E-state index contributed by atoms with van der Waals surface area (Å²) in [6, 6.07) is 15.9. The summed E-state index contributed by atoms with van der Waals surface area (Å²) < 4.78 is 8.84. The molecule has 0 fully saturated rings. The quantitative estimate of drug-likeness (QED) is 0.164. The number of thiazole rings is 1. The Morgan fingerprint density at radius 3 is 2.86 bits per heavy atom. The van der Waals surface area contributed by atoms with E-state index in [4.69, 9.17) is 4.42 Å². The van der Waals surface area contributed by atoms with Crippen LogP contribution in [0.2, 0.25) is 0 Å². The normalized spacial score (nSPS) is 11.1. The Kier molecular flexibility index (Phi) is 6.85. The average molecular weight is 567 g/mol. The molecule has 1 N–H and O–H groups in total. The number of furan rings is 1. The summed E-state index contributed by atoms with van der Waals surface area (Å²) >= 11 is 6.18. The minimum Gasteiger partial charge on any atom is -0.453 e. The van der Waals surface area contributed by atoms with E-state index in [0.29, 0.717) is 28.4 Å². The van der Waals surface area contributed by atoms with Crippen molar-refractivity contribution in [1.29, 1.82) is 0 Å². The van der Waals surface area contributed by atoms with Crippen molar-refractivity contribution in [2.24, 2.45) is 0 Å². The van der Waals surface area contributed by atoms with Gasteiger partial charge in [0.05, 0.1) is 11.4 Å². The lowest BCUT2D eigenvalue weighted by Crippen LogP contribution is -2.14. The first kappa shape index (κ1) is 23.5. The third-order valence-corrected chi connectivity index (χ3v) is 7.38. The molecule has 0 bridgehead atoms. The number of thioether (sulfide) groups is 1. The third-order valence-electron chi connectivity index (χ3n) is 5.16. The molecule has 3 aromatic heterocycles. The second-order valence-corrected chi connectivity index (χ2v) is 10.5. The molecule has 0 aliphatic heterocycles. The molecule has 1 amide bonds. The Bertz CT molecular complexity index is 1520. The number of benzene rings is 2. The van der Waals surface area contributed by atoms with Crippen LogP contribution < -0.4 is 5.32 Å². The van der Waals surface area contributed by atoms with Gasteiger partial charge in [0.2, 0.25) is 11.7 Å². The number of carbonyl (C=O) groups is 1. The van der Waals surface area contributed by atoms with E-state index in [0.717, 1.165) is 26.7 Å². The van der Waals surface area contributed by atoms with Crippen LogP contribution in [0.4, 0.5) is 5.13 Å². The van der Waals surface area contributed by atoms with Crippen molar-refractivity contribution in [3.63, 3.8) is 0 Å². The smallest absolute Gasteiger partial charge is 0.236 e. The van der Waals surface area contributed by atoms with Crippen LogP contribution >= 0.6 is 39.0 Å². The number of hydrogen-bond donors (Lipinski definition) is 1. The van der Waals surface area contributed by atoms with E-state index in [9.17, 15) is 4.79 Å².